The van der Waals surface area contributed by atoms with E-state index >= 15 is 0 Å². The summed E-state index contributed by atoms with van der Waals surface area (Å²) in [6, 6.07) is 14.3. The second-order valence-electron chi connectivity index (χ2n) is 6.72. The SMILES string of the molecule is COC(=O)C1(COc2ccc(Br)cc2)CCN(C(=O)c2ccc(OC)cc2)C1. The summed E-state index contributed by atoms with van der Waals surface area (Å²) < 4.78 is 17.0. The van der Waals surface area contributed by atoms with E-state index in [1.54, 1.807) is 36.3 Å². The number of hydrogen-bond acceptors (Lipinski definition) is 5. The third-order valence-corrected chi connectivity index (χ3v) is 5.45. The number of esters is 1. The molecule has 1 aliphatic rings. The topological polar surface area (TPSA) is 65.1 Å². The van der Waals surface area contributed by atoms with Crippen molar-refractivity contribution in [3.8, 4) is 11.5 Å². The third-order valence-electron chi connectivity index (χ3n) is 4.93. The second kappa shape index (κ2) is 8.65. The molecule has 148 valence electrons. The van der Waals surface area contributed by atoms with Crippen molar-refractivity contribution >= 4 is 27.8 Å². The minimum Gasteiger partial charge on any atom is -0.497 e. The number of hydrogen-bond donors (Lipinski definition) is 0. The van der Waals surface area contributed by atoms with Crippen LogP contribution in [0.2, 0.25) is 0 Å². The lowest BCUT2D eigenvalue weighted by Crippen LogP contribution is -2.42. The van der Waals surface area contributed by atoms with Gasteiger partial charge in [0.15, 0.2) is 0 Å². The smallest absolute Gasteiger partial charge is 0.317 e. The van der Waals surface area contributed by atoms with E-state index in [1.807, 2.05) is 24.3 Å². The molecule has 1 saturated heterocycles. The molecule has 0 spiro atoms. The molecule has 1 heterocycles. The maximum atomic E-state index is 12.8. The van der Waals surface area contributed by atoms with Crippen LogP contribution >= 0.6 is 15.9 Å². The highest BCUT2D eigenvalue weighted by molar-refractivity contribution is 9.10. The number of likely N-dealkylation sites (tertiary alicyclic amines) is 1. The van der Waals surface area contributed by atoms with Crippen molar-refractivity contribution in [2.45, 2.75) is 6.42 Å². The number of carbonyl (C=O) groups excluding carboxylic acids is 2. The van der Waals surface area contributed by atoms with Crippen molar-refractivity contribution in [1.29, 1.82) is 0 Å². The summed E-state index contributed by atoms with van der Waals surface area (Å²) in [6.45, 7) is 0.860. The highest BCUT2D eigenvalue weighted by Crippen LogP contribution is 2.34. The number of ether oxygens (including phenoxy) is 3. The molecule has 28 heavy (non-hydrogen) atoms. The van der Waals surface area contributed by atoms with Gasteiger partial charge in [-0.2, -0.15) is 0 Å². The summed E-state index contributed by atoms with van der Waals surface area (Å²) in [6.07, 6.45) is 0.484. The maximum Gasteiger partial charge on any atom is 0.317 e. The molecule has 0 saturated carbocycles. The highest BCUT2D eigenvalue weighted by atomic mass is 79.9. The Morgan fingerprint density at radius 1 is 1.04 bits per heavy atom. The van der Waals surface area contributed by atoms with Crippen molar-refractivity contribution in [3.63, 3.8) is 0 Å². The monoisotopic (exact) mass is 447 g/mol. The molecule has 3 rings (SSSR count). The molecule has 0 aromatic heterocycles. The van der Waals surface area contributed by atoms with Gasteiger partial charge in [-0.25, -0.2) is 0 Å². The fourth-order valence-corrected chi connectivity index (χ4v) is 3.54. The fourth-order valence-electron chi connectivity index (χ4n) is 3.27. The molecular formula is C21H22BrNO5. The van der Waals surface area contributed by atoms with Crippen LogP contribution in [0.25, 0.3) is 0 Å². The highest BCUT2D eigenvalue weighted by Gasteiger charge is 2.48. The van der Waals surface area contributed by atoms with E-state index in [2.05, 4.69) is 15.9 Å². The molecule has 1 fully saturated rings. The lowest BCUT2D eigenvalue weighted by molar-refractivity contribution is -0.153. The van der Waals surface area contributed by atoms with Crippen LogP contribution in [-0.2, 0) is 9.53 Å². The van der Waals surface area contributed by atoms with Gasteiger partial charge in [-0.1, -0.05) is 15.9 Å². The third kappa shape index (κ3) is 4.30. The van der Waals surface area contributed by atoms with Gasteiger partial charge in [-0.3, -0.25) is 9.59 Å². The summed E-state index contributed by atoms with van der Waals surface area (Å²) >= 11 is 3.38. The number of halogens is 1. The van der Waals surface area contributed by atoms with E-state index in [4.69, 9.17) is 14.2 Å². The van der Waals surface area contributed by atoms with Gasteiger partial charge in [0, 0.05) is 23.1 Å². The lowest BCUT2D eigenvalue weighted by atomic mass is 9.88. The van der Waals surface area contributed by atoms with Crippen LogP contribution in [-0.4, -0.2) is 50.7 Å². The van der Waals surface area contributed by atoms with Gasteiger partial charge in [0.1, 0.15) is 23.5 Å². The van der Waals surface area contributed by atoms with E-state index in [-0.39, 0.29) is 25.0 Å². The molecule has 2 aromatic carbocycles. The lowest BCUT2D eigenvalue weighted by Gasteiger charge is -2.26. The number of benzene rings is 2. The van der Waals surface area contributed by atoms with Crippen LogP contribution in [0.5, 0.6) is 11.5 Å². The summed E-state index contributed by atoms with van der Waals surface area (Å²) in [5.41, 5.74) is -0.334. The zero-order valence-corrected chi connectivity index (χ0v) is 17.4. The van der Waals surface area contributed by atoms with E-state index in [0.29, 0.717) is 30.0 Å². The van der Waals surface area contributed by atoms with Gasteiger partial charge in [0.05, 0.1) is 14.2 Å². The molecular weight excluding hydrogens is 426 g/mol. The molecule has 0 bridgehead atoms. The van der Waals surface area contributed by atoms with Gasteiger partial charge in [0.2, 0.25) is 0 Å². The Morgan fingerprint density at radius 3 is 2.29 bits per heavy atom. The Hall–Kier alpha value is -2.54. The van der Waals surface area contributed by atoms with Gasteiger partial charge in [-0.05, 0) is 55.0 Å². The zero-order valence-electron chi connectivity index (χ0n) is 15.8. The average molecular weight is 448 g/mol. The van der Waals surface area contributed by atoms with Crippen LogP contribution in [0.1, 0.15) is 16.8 Å². The number of rotatable bonds is 6. The van der Waals surface area contributed by atoms with E-state index < -0.39 is 5.41 Å². The molecule has 1 amide bonds. The first-order chi connectivity index (χ1) is 13.5. The van der Waals surface area contributed by atoms with Gasteiger partial charge in [0.25, 0.3) is 5.91 Å². The molecule has 0 N–H and O–H groups in total. The summed E-state index contributed by atoms with van der Waals surface area (Å²) in [7, 11) is 2.94. The van der Waals surface area contributed by atoms with E-state index in [1.165, 1.54) is 7.11 Å². The van der Waals surface area contributed by atoms with Crippen molar-refractivity contribution < 1.29 is 23.8 Å². The van der Waals surface area contributed by atoms with Crippen LogP contribution in [0, 0.1) is 5.41 Å². The minimum atomic E-state index is -0.885. The molecule has 2 aromatic rings. The predicted octanol–water partition coefficient (Wildman–Crippen LogP) is 3.54. The van der Waals surface area contributed by atoms with Gasteiger partial charge in [-0.15, -0.1) is 0 Å². The first-order valence-electron chi connectivity index (χ1n) is 8.87. The van der Waals surface area contributed by atoms with Crippen LogP contribution in [0.3, 0.4) is 0 Å². The predicted molar refractivity (Wildman–Crippen MR) is 108 cm³/mol. The molecule has 6 nitrogen and oxygen atoms in total. The summed E-state index contributed by atoms with van der Waals surface area (Å²) in [4.78, 5) is 27.0. The molecule has 0 radical (unpaired) electrons. The molecule has 7 heteroatoms. The van der Waals surface area contributed by atoms with Crippen LogP contribution in [0.15, 0.2) is 53.0 Å². The minimum absolute atomic E-state index is 0.128. The average Bonchev–Trinajstić information content (AvgIpc) is 3.18. The Labute approximate surface area is 172 Å². The van der Waals surface area contributed by atoms with E-state index in [0.717, 1.165) is 4.47 Å². The van der Waals surface area contributed by atoms with Crippen molar-refractivity contribution in [3.05, 3.63) is 58.6 Å². The molecule has 1 atom stereocenters. The first kappa shape index (κ1) is 20.2. The molecule has 1 unspecified atom stereocenters. The zero-order chi connectivity index (χ0) is 20.1. The Kier molecular flexibility index (Phi) is 6.24. The number of methoxy groups -OCH3 is 2. The maximum absolute atomic E-state index is 12.8. The Balaban J connectivity index is 1.72. The number of nitrogens with zero attached hydrogens (tertiary/aromatic N) is 1. The number of carbonyl (C=O) groups is 2. The van der Waals surface area contributed by atoms with E-state index in [9.17, 15) is 9.59 Å². The quantitative estimate of drug-likeness (QED) is 0.633. The summed E-state index contributed by atoms with van der Waals surface area (Å²) in [5, 5.41) is 0. The first-order valence-corrected chi connectivity index (χ1v) is 9.67. The Bertz CT molecular complexity index is 837. The van der Waals surface area contributed by atoms with Crippen molar-refractivity contribution in [1.82, 2.24) is 4.90 Å². The van der Waals surface area contributed by atoms with Crippen LogP contribution in [0.4, 0.5) is 0 Å². The Morgan fingerprint density at radius 2 is 1.68 bits per heavy atom. The summed E-state index contributed by atoms with van der Waals surface area (Å²) in [5.74, 6) is 0.850. The number of amides is 1. The fraction of sp³-hybridized carbons (Fsp3) is 0.333. The van der Waals surface area contributed by atoms with Gasteiger partial charge < -0.3 is 19.1 Å². The van der Waals surface area contributed by atoms with Crippen molar-refractivity contribution in [2.24, 2.45) is 5.41 Å². The van der Waals surface area contributed by atoms with Gasteiger partial charge >= 0.3 is 5.97 Å². The van der Waals surface area contributed by atoms with Crippen molar-refractivity contribution in [2.75, 3.05) is 33.9 Å². The normalized spacial score (nSPS) is 18.6. The second-order valence-corrected chi connectivity index (χ2v) is 7.64. The largest absolute Gasteiger partial charge is 0.497 e. The molecule has 0 aliphatic carbocycles. The van der Waals surface area contributed by atoms with Crippen LogP contribution < -0.4 is 9.47 Å². The molecule has 1 aliphatic heterocycles. The standard InChI is InChI=1S/C21H22BrNO5/c1-26-17-7-3-15(4-8-17)19(24)23-12-11-21(13-23,20(25)27-2)14-28-18-9-5-16(22)6-10-18/h3-10H,11-14H2,1-2H3.